The number of carbonyl (C=O) groups excluding carboxylic acids is 1. The van der Waals surface area contributed by atoms with Crippen molar-refractivity contribution in [3.63, 3.8) is 0 Å². The molecule has 2 amide bonds. The molecule has 0 saturated heterocycles. The number of carboxylic acids is 1. The van der Waals surface area contributed by atoms with Crippen molar-refractivity contribution in [2.75, 3.05) is 6.54 Å². The van der Waals surface area contributed by atoms with Crippen LogP contribution in [-0.2, 0) is 4.79 Å². The largest absolute Gasteiger partial charge is 0.480 e. The molecule has 0 spiro atoms. The van der Waals surface area contributed by atoms with Gasteiger partial charge in [-0.05, 0) is 19.3 Å². The zero-order valence-electron chi connectivity index (χ0n) is 7.82. The van der Waals surface area contributed by atoms with Crippen LogP contribution in [0.1, 0.15) is 19.3 Å². The number of aliphatic carboxylic acids is 1. The minimum atomic E-state index is -1.00. The summed E-state index contributed by atoms with van der Waals surface area (Å²) in [6.45, 7) is 0.454. The summed E-state index contributed by atoms with van der Waals surface area (Å²) in [6, 6.07) is -1.27. The first-order valence-electron chi connectivity index (χ1n) is 4.30. The number of unbranched alkanes of at least 4 members (excludes halogenated alkanes) is 1. The molecule has 0 rings (SSSR count). The molecule has 0 saturated carbocycles. The Balaban J connectivity index is 3.30. The molecule has 0 aromatic carbocycles. The second-order valence-corrected chi connectivity index (χ2v) is 2.84. The molecule has 14 heavy (non-hydrogen) atoms. The van der Waals surface area contributed by atoms with Gasteiger partial charge in [-0.25, -0.2) is 10.6 Å². The van der Waals surface area contributed by atoms with Crippen molar-refractivity contribution in [1.82, 2.24) is 10.7 Å². The number of nitrogens with two attached hydrogens (primary N) is 2. The summed E-state index contributed by atoms with van der Waals surface area (Å²) >= 11 is 0. The maximum Gasteiger partial charge on any atom is 0.328 e. The maximum absolute atomic E-state index is 10.6. The molecule has 0 aromatic heterocycles. The van der Waals surface area contributed by atoms with E-state index in [-0.39, 0.29) is 0 Å². The van der Waals surface area contributed by atoms with Gasteiger partial charge in [0.05, 0.1) is 0 Å². The first-order chi connectivity index (χ1) is 6.57. The van der Waals surface area contributed by atoms with Crippen molar-refractivity contribution in [1.29, 1.82) is 0 Å². The van der Waals surface area contributed by atoms with E-state index in [1.165, 1.54) is 0 Å². The highest BCUT2D eigenvalue weighted by atomic mass is 16.4. The van der Waals surface area contributed by atoms with Crippen LogP contribution < -0.4 is 22.3 Å². The zero-order chi connectivity index (χ0) is 11.0. The van der Waals surface area contributed by atoms with Gasteiger partial charge in [0.1, 0.15) is 6.04 Å². The van der Waals surface area contributed by atoms with Crippen molar-refractivity contribution < 1.29 is 14.7 Å². The molecule has 0 unspecified atom stereocenters. The van der Waals surface area contributed by atoms with Crippen LogP contribution in [0.3, 0.4) is 0 Å². The van der Waals surface area contributed by atoms with E-state index in [9.17, 15) is 9.59 Å². The Morgan fingerprint density at radius 2 is 2.00 bits per heavy atom. The Kier molecular flexibility index (Phi) is 6.42. The van der Waals surface area contributed by atoms with E-state index in [1.54, 1.807) is 0 Å². The third kappa shape index (κ3) is 6.21. The average molecular weight is 204 g/mol. The lowest BCUT2D eigenvalue weighted by Crippen LogP contribution is -2.40. The van der Waals surface area contributed by atoms with Crippen LogP contribution >= 0.6 is 0 Å². The summed E-state index contributed by atoms with van der Waals surface area (Å²) in [5.74, 6) is 3.81. The van der Waals surface area contributed by atoms with Crippen LogP contribution in [-0.4, -0.2) is 29.7 Å². The molecule has 7 nitrogen and oxygen atoms in total. The predicted molar refractivity (Wildman–Crippen MR) is 50.2 cm³/mol. The highest BCUT2D eigenvalue weighted by Gasteiger charge is 2.09. The van der Waals surface area contributed by atoms with Crippen LogP contribution in [0.15, 0.2) is 0 Å². The molecule has 0 aromatic rings. The standard InChI is InChI=1S/C7H16N4O3/c8-5(6(12)13)3-1-2-4-10-7(14)11-9/h5H,1-4,8-9H2,(H,12,13)(H2,10,11,14)/t5-/m0/s1. The monoisotopic (exact) mass is 204 g/mol. The zero-order valence-corrected chi connectivity index (χ0v) is 7.82. The Morgan fingerprint density at radius 1 is 1.36 bits per heavy atom. The van der Waals surface area contributed by atoms with Gasteiger partial charge < -0.3 is 16.2 Å². The molecule has 0 heterocycles. The van der Waals surface area contributed by atoms with Gasteiger partial charge in [-0.1, -0.05) is 0 Å². The predicted octanol–water partition coefficient (Wildman–Crippen LogP) is -1.26. The molecule has 82 valence electrons. The van der Waals surface area contributed by atoms with Gasteiger partial charge in [-0.2, -0.15) is 0 Å². The Bertz CT molecular complexity index is 197. The first-order valence-corrected chi connectivity index (χ1v) is 4.30. The molecular weight excluding hydrogens is 188 g/mol. The van der Waals surface area contributed by atoms with Crippen molar-refractivity contribution >= 4 is 12.0 Å². The summed E-state index contributed by atoms with van der Waals surface area (Å²) in [4.78, 5) is 20.8. The van der Waals surface area contributed by atoms with Crippen molar-refractivity contribution in [3.05, 3.63) is 0 Å². The van der Waals surface area contributed by atoms with Gasteiger partial charge in [0.2, 0.25) is 0 Å². The molecule has 0 aliphatic rings. The Labute approximate surface area is 81.8 Å². The average Bonchev–Trinajstić information content (AvgIpc) is 2.16. The lowest BCUT2D eigenvalue weighted by atomic mass is 10.1. The third-order valence-electron chi connectivity index (χ3n) is 1.68. The minimum Gasteiger partial charge on any atom is -0.480 e. The molecule has 0 radical (unpaired) electrons. The number of hydrogen-bond donors (Lipinski definition) is 5. The Hall–Kier alpha value is -1.34. The van der Waals surface area contributed by atoms with E-state index < -0.39 is 18.0 Å². The summed E-state index contributed by atoms with van der Waals surface area (Å²) in [5.41, 5.74) is 7.18. The highest BCUT2D eigenvalue weighted by Crippen LogP contribution is 1.97. The molecule has 1 atom stereocenters. The number of nitrogens with one attached hydrogen (secondary N) is 2. The number of urea groups is 1. The highest BCUT2D eigenvalue weighted by molar-refractivity contribution is 5.73. The molecule has 7 heteroatoms. The topological polar surface area (TPSA) is 130 Å². The van der Waals surface area contributed by atoms with Crippen molar-refractivity contribution in [2.45, 2.75) is 25.3 Å². The van der Waals surface area contributed by atoms with Crippen LogP contribution in [0.25, 0.3) is 0 Å². The van der Waals surface area contributed by atoms with Gasteiger partial charge in [0, 0.05) is 6.54 Å². The van der Waals surface area contributed by atoms with E-state index in [0.29, 0.717) is 25.8 Å². The quantitative estimate of drug-likeness (QED) is 0.159. The van der Waals surface area contributed by atoms with Crippen LogP contribution in [0.2, 0.25) is 0 Å². The number of carboxylic acid groups (broad SMARTS) is 1. The van der Waals surface area contributed by atoms with Gasteiger partial charge >= 0.3 is 12.0 Å². The lowest BCUT2D eigenvalue weighted by molar-refractivity contribution is -0.138. The number of rotatable bonds is 6. The second kappa shape index (κ2) is 7.10. The molecule has 0 aliphatic carbocycles. The summed E-state index contributed by atoms with van der Waals surface area (Å²) < 4.78 is 0. The van der Waals surface area contributed by atoms with E-state index >= 15 is 0 Å². The molecule has 0 bridgehead atoms. The van der Waals surface area contributed by atoms with Crippen LogP contribution in [0.4, 0.5) is 4.79 Å². The van der Waals surface area contributed by atoms with E-state index in [1.807, 2.05) is 5.43 Å². The van der Waals surface area contributed by atoms with Crippen LogP contribution in [0, 0.1) is 0 Å². The number of hydrazine groups is 1. The molecular formula is C7H16N4O3. The Morgan fingerprint density at radius 3 is 2.50 bits per heavy atom. The number of carbonyl (C=O) groups is 2. The minimum absolute atomic E-state index is 0.404. The van der Waals surface area contributed by atoms with Gasteiger partial charge in [0.25, 0.3) is 0 Å². The maximum atomic E-state index is 10.6. The fourth-order valence-corrected chi connectivity index (χ4v) is 0.866. The number of hydrogen-bond acceptors (Lipinski definition) is 4. The normalized spacial score (nSPS) is 11.9. The van der Waals surface area contributed by atoms with Gasteiger partial charge in [-0.3, -0.25) is 10.2 Å². The lowest BCUT2D eigenvalue weighted by Gasteiger charge is -2.06. The summed E-state index contributed by atoms with van der Waals surface area (Å²) in [5, 5.41) is 10.9. The first kappa shape index (κ1) is 12.7. The third-order valence-corrected chi connectivity index (χ3v) is 1.68. The molecule has 0 aliphatic heterocycles. The van der Waals surface area contributed by atoms with Gasteiger partial charge in [0.15, 0.2) is 0 Å². The fourth-order valence-electron chi connectivity index (χ4n) is 0.866. The molecule has 0 fully saturated rings. The van der Waals surface area contributed by atoms with Crippen LogP contribution in [0.5, 0.6) is 0 Å². The van der Waals surface area contributed by atoms with Gasteiger partial charge in [-0.15, -0.1) is 0 Å². The van der Waals surface area contributed by atoms with E-state index in [2.05, 4.69) is 5.32 Å². The van der Waals surface area contributed by atoms with Crippen molar-refractivity contribution in [2.24, 2.45) is 11.6 Å². The van der Waals surface area contributed by atoms with Crippen molar-refractivity contribution in [3.8, 4) is 0 Å². The smallest absolute Gasteiger partial charge is 0.328 e. The SMILES string of the molecule is NNC(=O)NCCCC[C@H](N)C(=O)O. The fraction of sp³-hybridized carbons (Fsp3) is 0.714. The summed E-state index contributed by atoms with van der Waals surface area (Å²) in [7, 11) is 0. The summed E-state index contributed by atoms with van der Waals surface area (Å²) in [6.07, 6.45) is 1.73. The molecule has 7 N–H and O–H groups in total. The second-order valence-electron chi connectivity index (χ2n) is 2.84. The van der Waals surface area contributed by atoms with E-state index in [0.717, 1.165) is 0 Å². The van der Waals surface area contributed by atoms with E-state index in [4.69, 9.17) is 16.7 Å². The number of amides is 2.